The van der Waals surface area contributed by atoms with Crippen molar-refractivity contribution >= 4 is 11.9 Å². The van der Waals surface area contributed by atoms with E-state index < -0.39 is 0 Å². The number of allylic oxidation sites excluding steroid dienone is 1. The number of nitrogens with two attached hydrogens (primary N) is 2. The molecule has 0 aliphatic carbocycles. The summed E-state index contributed by atoms with van der Waals surface area (Å²) in [6.07, 6.45) is 1.41. The molecular weight excluding hydrogens is 144 g/mol. The van der Waals surface area contributed by atoms with E-state index in [1.54, 1.807) is 13.0 Å². The molecule has 0 spiro atoms. The van der Waals surface area contributed by atoms with Crippen LogP contribution in [0.3, 0.4) is 0 Å². The van der Waals surface area contributed by atoms with Gasteiger partial charge < -0.3 is 16.4 Å². The number of nitrogens with zero attached hydrogens (tertiary/aromatic N) is 2. The predicted molar refractivity (Wildman–Crippen MR) is 40.9 cm³/mol. The largest absolute Gasteiger partial charge is 0.385 e. The van der Waals surface area contributed by atoms with Crippen LogP contribution in [0.25, 0.3) is 0 Å². The summed E-state index contributed by atoms with van der Waals surface area (Å²) in [6, 6.07) is 0. The summed E-state index contributed by atoms with van der Waals surface area (Å²) in [6.45, 7) is 0. The summed E-state index contributed by atoms with van der Waals surface area (Å²) in [5.74, 6) is 2.18. The Balaban J connectivity index is 3.07. The van der Waals surface area contributed by atoms with Gasteiger partial charge in [0.2, 0.25) is 5.96 Å². The van der Waals surface area contributed by atoms with Crippen LogP contribution in [0.15, 0.2) is 22.6 Å². The second kappa shape index (κ2) is 2.48. The molecule has 0 amide bonds. The first-order chi connectivity index (χ1) is 5.15. The Labute approximate surface area is 63.7 Å². The molecule has 0 aromatic carbocycles. The number of rotatable bonds is 0. The van der Waals surface area contributed by atoms with Gasteiger partial charge >= 0.3 is 0 Å². The Morgan fingerprint density at radius 1 is 1.64 bits per heavy atom. The van der Waals surface area contributed by atoms with E-state index in [9.17, 15) is 4.79 Å². The molecular formula is C6H8N4O. The first-order valence-corrected chi connectivity index (χ1v) is 2.95. The van der Waals surface area contributed by atoms with Crippen molar-refractivity contribution in [3.63, 3.8) is 0 Å². The van der Waals surface area contributed by atoms with E-state index in [4.69, 9.17) is 11.5 Å². The molecule has 11 heavy (non-hydrogen) atoms. The lowest BCUT2D eigenvalue weighted by molar-refractivity contribution is 0.564. The molecule has 0 bridgehead atoms. The van der Waals surface area contributed by atoms with Gasteiger partial charge in [-0.1, -0.05) is 0 Å². The first-order valence-electron chi connectivity index (χ1n) is 2.95. The Bertz CT molecular complexity index is 263. The fourth-order valence-electron chi connectivity index (χ4n) is 0.652. The summed E-state index contributed by atoms with van der Waals surface area (Å²) in [4.78, 5) is 15.3. The molecule has 5 nitrogen and oxygen atoms in total. The normalized spacial score (nSPS) is 17.2. The molecule has 1 aliphatic rings. The van der Waals surface area contributed by atoms with E-state index in [0.717, 1.165) is 0 Å². The van der Waals surface area contributed by atoms with Crippen LogP contribution < -0.4 is 11.5 Å². The average Bonchev–Trinajstić information content (AvgIpc) is 1.99. The van der Waals surface area contributed by atoms with Crippen LogP contribution in [-0.4, -0.2) is 23.8 Å². The van der Waals surface area contributed by atoms with Crippen LogP contribution in [0.5, 0.6) is 0 Å². The van der Waals surface area contributed by atoms with Crippen molar-refractivity contribution in [2.45, 2.75) is 0 Å². The summed E-state index contributed by atoms with van der Waals surface area (Å²) in [5.41, 5.74) is 11.0. The van der Waals surface area contributed by atoms with Crippen molar-refractivity contribution in [1.29, 1.82) is 0 Å². The molecule has 4 N–H and O–H groups in total. The Morgan fingerprint density at radius 2 is 2.27 bits per heavy atom. The molecule has 0 atom stereocenters. The molecule has 0 aromatic heterocycles. The Kier molecular flexibility index (Phi) is 1.66. The molecule has 0 unspecified atom stereocenters. The van der Waals surface area contributed by atoms with Crippen LogP contribution in [0.2, 0.25) is 0 Å². The average molecular weight is 152 g/mol. The predicted octanol–water partition coefficient (Wildman–Crippen LogP) is -1.24. The third kappa shape index (κ3) is 1.22. The van der Waals surface area contributed by atoms with Crippen molar-refractivity contribution < 1.29 is 4.79 Å². The van der Waals surface area contributed by atoms with Crippen molar-refractivity contribution in [2.75, 3.05) is 7.05 Å². The van der Waals surface area contributed by atoms with Crippen LogP contribution in [0.4, 0.5) is 0 Å². The lowest BCUT2D eigenvalue weighted by Crippen LogP contribution is -2.38. The first kappa shape index (κ1) is 7.37. The van der Waals surface area contributed by atoms with Crippen molar-refractivity contribution in [1.82, 2.24) is 4.90 Å². The highest BCUT2D eigenvalue weighted by molar-refractivity contribution is 5.84. The number of carbonyl (C=O) groups excluding carboxylic acids is 1. The fraction of sp³-hybridized carbons (Fsp3) is 0.167. The molecule has 0 radical (unpaired) electrons. The lowest BCUT2D eigenvalue weighted by Gasteiger charge is -2.20. The minimum atomic E-state index is 0.123. The SMILES string of the molecule is CN1C(N)=CC(=C=O)N=C1N. The van der Waals surface area contributed by atoms with Gasteiger partial charge in [0.15, 0.2) is 11.6 Å². The van der Waals surface area contributed by atoms with Crippen molar-refractivity contribution in [2.24, 2.45) is 16.5 Å². The smallest absolute Gasteiger partial charge is 0.202 e. The molecule has 1 aliphatic heterocycles. The van der Waals surface area contributed by atoms with E-state index in [-0.39, 0.29) is 11.7 Å². The summed E-state index contributed by atoms with van der Waals surface area (Å²) in [5, 5.41) is 0. The van der Waals surface area contributed by atoms with Gasteiger partial charge in [0.1, 0.15) is 5.82 Å². The van der Waals surface area contributed by atoms with Gasteiger partial charge in [-0.25, -0.2) is 9.79 Å². The van der Waals surface area contributed by atoms with Crippen LogP contribution in [0.1, 0.15) is 0 Å². The highest BCUT2D eigenvalue weighted by Crippen LogP contribution is 2.06. The van der Waals surface area contributed by atoms with E-state index in [1.807, 2.05) is 0 Å². The summed E-state index contributed by atoms with van der Waals surface area (Å²) >= 11 is 0. The molecule has 5 heteroatoms. The molecule has 58 valence electrons. The standard InChI is InChI=1S/C6H8N4O/c1-10-5(7)2-4(3-11)9-6(10)8/h2H,7H2,1H3,(H2,8,9). The number of hydrogen-bond acceptors (Lipinski definition) is 5. The molecule has 0 saturated carbocycles. The van der Waals surface area contributed by atoms with E-state index >= 15 is 0 Å². The van der Waals surface area contributed by atoms with Crippen molar-refractivity contribution in [3.05, 3.63) is 17.6 Å². The summed E-state index contributed by atoms with van der Waals surface area (Å²) in [7, 11) is 1.66. The van der Waals surface area contributed by atoms with Gasteiger partial charge in [-0.15, -0.1) is 0 Å². The Morgan fingerprint density at radius 3 is 2.73 bits per heavy atom. The molecule has 1 rings (SSSR count). The maximum Gasteiger partial charge on any atom is 0.202 e. The van der Waals surface area contributed by atoms with E-state index in [0.29, 0.717) is 5.82 Å². The summed E-state index contributed by atoms with van der Waals surface area (Å²) < 4.78 is 0. The van der Waals surface area contributed by atoms with Gasteiger partial charge in [-0.3, -0.25) is 0 Å². The van der Waals surface area contributed by atoms with Crippen LogP contribution in [0, 0.1) is 0 Å². The zero-order valence-electron chi connectivity index (χ0n) is 6.03. The van der Waals surface area contributed by atoms with Gasteiger partial charge in [0.25, 0.3) is 0 Å². The van der Waals surface area contributed by atoms with Gasteiger partial charge in [-0.05, 0) is 0 Å². The van der Waals surface area contributed by atoms with E-state index in [2.05, 4.69) is 4.99 Å². The Hall–Kier alpha value is -1.74. The molecule has 0 saturated heterocycles. The van der Waals surface area contributed by atoms with Gasteiger partial charge in [0, 0.05) is 13.1 Å². The third-order valence-corrected chi connectivity index (χ3v) is 1.36. The maximum absolute atomic E-state index is 10.1. The number of guanidine groups is 1. The zero-order valence-corrected chi connectivity index (χ0v) is 6.03. The minimum absolute atomic E-state index is 0.123. The van der Waals surface area contributed by atoms with Gasteiger partial charge in [0.05, 0.1) is 0 Å². The molecule has 0 fully saturated rings. The highest BCUT2D eigenvalue weighted by atomic mass is 16.1. The second-order valence-electron chi connectivity index (χ2n) is 2.09. The quantitative estimate of drug-likeness (QED) is 0.425. The molecule has 1 heterocycles. The zero-order chi connectivity index (χ0) is 8.43. The highest BCUT2D eigenvalue weighted by Gasteiger charge is 2.11. The number of hydrogen-bond donors (Lipinski definition) is 2. The minimum Gasteiger partial charge on any atom is -0.385 e. The van der Waals surface area contributed by atoms with Crippen molar-refractivity contribution in [3.8, 4) is 0 Å². The fourth-order valence-corrected chi connectivity index (χ4v) is 0.652. The molecule has 0 aromatic rings. The lowest BCUT2D eigenvalue weighted by atomic mass is 10.4. The topological polar surface area (TPSA) is 84.7 Å². The third-order valence-electron chi connectivity index (χ3n) is 1.36. The van der Waals surface area contributed by atoms with Crippen LogP contribution in [-0.2, 0) is 4.79 Å². The van der Waals surface area contributed by atoms with Crippen LogP contribution >= 0.6 is 0 Å². The number of aliphatic imine (C=N–C) groups is 1. The second-order valence-corrected chi connectivity index (χ2v) is 2.09. The van der Waals surface area contributed by atoms with Gasteiger partial charge in [-0.2, -0.15) is 0 Å². The maximum atomic E-state index is 10.1. The monoisotopic (exact) mass is 152 g/mol. The van der Waals surface area contributed by atoms with E-state index in [1.165, 1.54) is 11.0 Å².